The molecule has 3 fully saturated rings. The molecule has 5 heterocycles. The second-order valence-corrected chi connectivity index (χ2v) is 17.5. The predicted octanol–water partition coefficient (Wildman–Crippen LogP) is 3.07. The van der Waals surface area contributed by atoms with Gasteiger partial charge in [0.25, 0.3) is 0 Å². The number of hydrogen-bond donors (Lipinski definition) is 5. The summed E-state index contributed by atoms with van der Waals surface area (Å²) >= 11 is 2.81. The molecule has 3 saturated heterocycles. The number of nitrogens with zero attached hydrogens (tertiary/aromatic N) is 2. The Morgan fingerprint density at radius 3 is 2.21 bits per heavy atom. The zero-order valence-corrected chi connectivity index (χ0v) is 36.4. The fourth-order valence-corrected chi connectivity index (χ4v) is 11.3. The molecule has 0 amide bonds. The van der Waals surface area contributed by atoms with Crippen molar-refractivity contribution >= 4 is 41.2 Å². The number of Topliss-reactive ketones (excluding diaryl/α,β-unsaturated/α-hetero) is 1. The number of ketones is 1. The Labute approximate surface area is 347 Å². The molecule has 2 aromatic rings. The first-order chi connectivity index (χ1) is 27.4. The second-order valence-electron chi connectivity index (χ2n) is 15.0. The molecule has 58 heavy (non-hydrogen) atoms. The third kappa shape index (κ3) is 7.87. The number of piperazine rings is 1. The number of cyclic esters (lactones) is 1. The normalized spacial score (nSPS) is 31.7. The maximum atomic E-state index is 12.8. The van der Waals surface area contributed by atoms with Crippen molar-refractivity contribution in [2.24, 2.45) is 0 Å². The van der Waals surface area contributed by atoms with Gasteiger partial charge >= 0.3 is 11.9 Å². The number of likely N-dealkylation sites (N-methyl/N-ethyl adjacent to an activating group) is 1. The molecule has 0 saturated carbocycles. The molecule has 8 unspecified atom stereocenters. The fourth-order valence-electron chi connectivity index (χ4n) is 8.78. The van der Waals surface area contributed by atoms with Crippen LogP contribution in [0.4, 0.5) is 0 Å². The Morgan fingerprint density at radius 2 is 1.60 bits per heavy atom. The molecule has 5 aliphatic rings. The van der Waals surface area contributed by atoms with Crippen molar-refractivity contribution in [2.45, 2.75) is 107 Å². The summed E-state index contributed by atoms with van der Waals surface area (Å²) in [6, 6.07) is -0.625. The van der Waals surface area contributed by atoms with Crippen LogP contribution in [0.5, 0.6) is 28.7 Å². The molecular formula is C40H56N2O14S2. The van der Waals surface area contributed by atoms with Gasteiger partial charge < -0.3 is 54.0 Å². The van der Waals surface area contributed by atoms with Crippen molar-refractivity contribution in [3.05, 3.63) is 39.4 Å². The zero-order valence-electron chi connectivity index (χ0n) is 34.7. The summed E-state index contributed by atoms with van der Waals surface area (Å²) in [4.78, 5) is 41.7. The molecule has 322 valence electrons. The van der Waals surface area contributed by atoms with Gasteiger partial charge in [0.1, 0.15) is 24.7 Å². The molecule has 16 nitrogen and oxygen atoms in total. The lowest BCUT2D eigenvalue weighted by Crippen LogP contribution is -2.69. The smallest absolute Gasteiger partial charge is 0.375 e. The van der Waals surface area contributed by atoms with Crippen LogP contribution in [0.3, 0.4) is 0 Å². The first kappa shape index (κ1) is 45.7. The lowest BCUT2D eigenvalue weighted by atomic mass is 9.73. The number of phenolic OH excluding ortho intramolecular Hbond substituents is 2. The van der Waals surface area contributed by atoms with E-state index in [9.17, 15) is 34.8 Å². The van der Waals surface area contributed by atoms with Gasteiger partial charge in [-0.15, -0.1) is 11.8 Å². The van der Waals surface area contributed by atoms with Gasteiger partial charge in [0, 0.05) is 54.7 Å². The van der Waals surface area contributed by atoms with E-state index in [2.05, 4.69) is 6.92 Å². The minimum absolute atomic E-state index is 0.0150. The SMILES string of the molecule is CO.COC1(O)CSC(C)C(C)OC1C.COc1c(C)cc2c(c1O)[C@@H]1C3C4SCC(=O)C(=O)OCC(c5c(O)c(OC)c(C)c(OC(C)=O)c54)N3C(O)[C@H](C2)N1C. The number of rotatable bonds is 4. The molecule has 0 radical (unpaired) electrons. The van der Waals surface area contributed by atoms with Crippen LogP contribution in [0.25, 0.3) is 0 Å². The van der Waals surface area contributed by atoms with Crippen molar-refractivity contribution in [2.75, 3.05) is 53.6 Å². The van der Waals surface area contributed by atoms with E-state index >= 15 is 0 Å². The van der Waals surface area contributed by atoms with Gasteiger partial charge in [-0.3, -0.25) is 19.4 Å². The van der Waals surface area contributed by atoms with Gasteiger partial charge in [0.2, 0.25) is 11.6 Å². The summed E-state index contributed by atoms with van der Waals surface area (Å²) in [6.07, 6.45) is -0.820. The Morgan fingerprint density at radius 1 is 0.966 bits per heavy atom. The molecule has 5 aliphatic heterocycles. The number of aliphatic hydroxyl groups excluding tert-OH is 2. The van der Waals surface area contributed by atoms with E-state index in [1.54, 1.807) is 23.6 Å². The lowest BCUT2D eigenvalue weighted by Gasteiger charge is -2.61. The molecule has 2 aromatic carbocycles. The topological polar surface area (TPSA) is 214 Å². The number of hydrogen-bond acceptors (Lipinski definition) is 18. The van der Waals surface area contributed by atoms with Crippen LogP contribution >= 0.6 is 23.5 Å². The van der Waals surface area contributed by atoms with Gasteiger partial charge in [-0.05, 0) is 52.3 Å². The Kier molecular flexibility index (Phi) is 14.3. The molecule has 18 heteroatoms. The Bertz CT molecular complexity index is 1900. The van der Waals surface area contributed by atoms with E-state index in [1.807, 2.05) is 38.8 Å². The van der Waals surface area contributed by atoms with Gasteiger partial charge in [-0.2, -0.15) is 11.8 Å². The number of methoxy groups -OCH3 is 3. The molecule has 10 atom stereocenters. The van der Waals surface area contributed by atoms with Gasteiger partial charge in [-0.25, -0.2) is 4.79 Å². The first-order valence-electron chi connectivity index (χ1n) is 18.9. The van der Waals surface area contributed by atoms with Crippen molar-refractivity contribution in [3.63, 3.8) is 0 Å². The van der Waals surface area contributed by atoms with Gasteiger partial charge in [-0.1, -0.05) is 13.0 Å². The van der Waals surface area contributed by atoms with Crippen LogP contribution in [0.1, 0.15) is 78.4 Å². The highest BCUT2D eigenvalue weighted by molar-refractivity contribution is 8.00. The number of carbonyl (C=O) groups is 3. The molecule has 4 bridgehead atoms. The highest BCUT2D eigenvalue weighted by Crippen LogP contribution is 2.63. The van der Waals surface area contributed by atoms with E-state index in [4.69, 9.17) is 33.5 Å². The number of aromatic hydroxyl groups is 2. The molecule has 7 rings (SSSR count). The highest BCUT2D eigenvalue weighted by Gasteiger charge is 2.60. The summed E-state index contributed by atoms with van der Waals surface area (Å²) in [6.45, 7) is 10.4. The Hall–Kier alpha value is -3.33. The third-order valence-corrected chi connectivity index (χ3v) is 14.6. The van der Waals surface area contributed by atoms with Crippen LogP contribution in [0.15, 0.2) is 6.07 Å². The summed E-state index contributed by atoms with van der Waals surface area (Å²) in [7, 11) is 7.26. The zero-order chi connectivity index (χ0) is 43.1. The van der Waals surface area contributed by atoms with E-state index in [-0.39, 0.29) is 53.1 Å². The number of esters is 2. The number of aryl methyl sites for hydroxylation is 1. The summed E-state index contributed by atoms with van der Waals surface area (Å²) < 4.78 is 33.1. The number of fused-ring (bicyclic) bond motifs is 7. The number of aliphatic hydroxyl groups is 3. The average molecular weight is 853 g/mol. The van der Waals surface area contributed by atoms with Crippen molar-refractivity contribution in [1.82, 2.24) is 9.80 Å². The fraction of sp³-hybridized carbons (Fsp3) is 0.625. The van der Waals surface area contributed by atoms with Crippen LogP contribution in [-0.4, -0.2) is 148 Å². The number of thioether (sulfide) groups is 2. The largest absolute Gasteiger partial charge is 0.504 e. The van der Waals surface area contributed by atoms with Crippen molar-refractivity contribution in [3.8, 4) is 28.7 Å². The van der Waals surface area contributed by atoms with Gasteiger partial charge in [0.15, 0.2) is 23.0 Å². The highest BCUT2D eigenvalue weighted by atomic mass is 32.2. The van der Waals surface area contributed by atoms with Gasteiger partial charge in [0.05, 0.1) is 55.2 Å². The number of ether oxygens (including phenoxy) is 6. The van der Waals surface area contributed by atoms with Crippen LogP contribution in [-0.2, 0) is 35.0 Å². The Balaban J connectivity index is 0.000000362. The lowest BCUT2D eigenvalue weighted by molar-refractivity contribution is -0.239. The summed E-state index contributed by atoms with van der Waals surface area (Å²) in [5.74, 6) is -2.85. The molecule has 5 N–H and O–H groups in total. The van der Waals surface area contributed by atoms with Crippen LogP contribution < -0.4 is 14.2 Å². The molecule has 0 aliphatic carbocycles. The number of benzene rings is 2. The van der Waals surface area contributed by atoms with E-state index < -0.39 is 59.2 Å². The van der Waals surface area contributed by atoms with E-state index in [0.717, 1.165) is 30.0 Å². The van der Waals surface area contributed by atoms with Crippen LogP contribution in [0, 0.1) is 13.8 Å². The number of carbonyl (C=O) groups excluding carboxylic acids is 3. The van der Waals surface area contributed by atoms with E-state index in [0.29, 0.717) is 39.9 Å². The summed E-state index contributed by atoms with van der Waals surface area (Å²) in [5.41, 5.74) is 3.33. The second kappa shape index (κ2) is 18.1. The minimum Gasteiger partial charge on any atom is -0.504 e. The van der Waals surface area contributed by atoms with E-state index in [1.165, 1.54) is 28.3 Å². The van der Waals surface area contributed by atoms with Crippen LogP contribution in [0.2, 0.25) is 0 Å². The number of phenols is 2. The molecular weight excluding hydrogens is 797 g/mol. The monoisotopic (exact) mass is 852 g/mol. The summed E-state index contributed by atoms with van der Waals surface area (Å²) in [5, 5.41) is 52.0. The third-order valence-electron chi connectivity index (χ3n) is 11.8. The quantitative estimate of drug-likeness (QED) is 0.129. The maximum absolute atomic E-state index is 12.8. The minimum atomic E-state index is -1.14. The average Bonchev–Trinajstić information content (AvgIpc) is 3.28. The van der Waals surface area contributed by atoms with Crippen molar-refractivity contribution < 1.29 is 68.3 Å². The first-order valence-corrected chi connectivity index (χ1v) is 21.0. The maximum Gasteiger partial charge on any atom is 0.375 e. The predicted molar refractivity (Wildman–Crippen MR) is 216 cm³/mol. The standard InChI is InChI=1S/C30H34N2O10S.C9H18O3S.CH4O/c1-11-7-14-8-15-29(37)32-16-9-41-30(38)17(34)10-43-28(22(32)21(31(15)4)18(14)23(35)25(11)39-5)20-19(16)24(36)27(40-6)12(2)26(20)42-13(3)33;1-6-7(2)13-5-9(10,11-4)8(3)12-6;1-2/h7,15-16,21-22,28-29,35-37H,8-10H2,1-6H3;6-8,10H,5H2,1-4H3;2H,1H3/t15-,16?,21+,22?,28?,29?;;/m0../s1. The van der Waals surface area contributed by atoms with Crippen molar-refractivity contribution in [1.29, 1.82) is 0 Å². The molecule has 0 aromatic heterocycles. The molecule has 0 spiro atoms.